The summed E-state index contributed by atoms with van der Waals surface area (Å²) in [5.41, 5.74) is 1.16. The number of halogens is 6. The van der Waals surface area contributed by atoms with E-state index >= 15 is 0 Å². The van der Waals surface area contributed by atoms with Gasteiger partial charge in [-0.25, -0.2) is 4.98 Å². The summed E-state index contributed by atoms with van der Waals surface area (Å²) in [5, 5.41) is 3.33. The van der Waals surface area contributed by atoms with Crippen LogP contribution in [0.1, 0.15) is 17.0 Å². The monoisotopic (exact) mass is 545 g/mol. The van der Waals surface area contributed by atoms with Gasteiger partial charge >= 0.3 is 18.2 Å². The summed E-state index contributed by atoms with van der Waals surface area (Å²) >= 11 is 0. The minimum Gasteiger partial charge on any atom is -0.329 e. The highest BCUT2D eigenvalue weighted by Crippen LogP contribution is 2.33. The van der Waals surface area contributed by atoms with Crippen molar-refractivity contribution in [1.82, 2.24) is 19.7 Å². The minimum absolute atomic E-state index is 0.0244. The van der Waals surface area contributed by atoms with Gasteiger partial charge in [-0.2, -0.15) is 31.3 Å². The molecule has 39 heavy (non-hydrogen) atoms. The molecule has 0 aliphatic rings. The quantitative estimate of drug-likeness (QED) is 0.232. The van der Waals surface area contributed by atoms with Gasteiger partial charge in [0.25, 0.3) is 0 Å². The summed E-state index contributed by atoms with van der Waals surface area (Å²) in [6.45, 7) is -0.314. The van der Waals surface area contributed by atoms with Gasteiger partial charge in [0.05, 0.1) is 29.5 Å². The van der Waals surface area contributed by atoms with Crippen LogP contribution in [0.2, 0.25) is 0 Å². The molecule has 0 aliphatic heterocycles. The lowest BCUT2D eigenvalue weighted by atomic mass is 10.1. The number of carbonyl (C=O) groups excluding carboxylic acids is 1. The molecule has 0 N–H and O–H groups in total. The van der Waals surface area contributed by atoms with Crippen LogP contribution in [0.25, 0.3) is 22.4 Å². The SMILES string of the molecule is O=C(Cn1cnc2ccccc21)N(Cc1ccc(-c2noc(C(F)(F)F)n2)cc1)c1cccc(C(F)(F)F)c1. The molecule has 0 unspecified atom stereocenters. The lowest BCUT2D eigenvalue weighted by molar-refractivity contribution is -0.159. The number of anilines is 1. The highest BCUT2D eigenvalue weighted by Gasteiger charge is 2.38. The van der Waals surface area contributed by atoms with Gasteiger partial charge in [-0.15, -0.1) is 0 Å². The van der Waals surface area contributed by atoms with Crippen LogP contribution in [0.4, 0.5) is 32.0 Å². The second-order valence-corrected chi connectivity index (χ2v) is 8.51. The molecule has 5 aromatic rings. The second kappa shape index (κ2) is 9.89. The molecule has 0 aliphatic carbocycles. The molecule has 2 aromatic heterocycles. The first-order valence-corrected chi connectivity index (χ1v) is 11.4. The van der Waals surface area contributed by atoms with Crippen molar-refractivity contribution >= 4 is 22.6 Å². The van der Waals surface area contributed by atoms with Crippen molar-refractivity contribution in [2.24, 2.45) is 0 Å². The molecule has 0 spiro atoms. The third-order valence-corrected chi connectivity index (χ3v) is 5.84. The Kier molecular flexibility index (Phi) is 6.58. The summed E-state index contributed by atoms with van der Waals surface area (Å²) in [6.07, 6.45) is -7.94. The average Bonchev–Trinajstić information content (AvgIpc) is 3.55. The topological polar surface area (TPSA) is 77.0 Å². The number of rotatable bonds is 6. The molecule has 7 nitrogen and oxygen atoms in total. The van der Waals surface area contributed by atoms with Gasteiger partial charge in [0.2, 0.25) is 11.7 Å². The van der Waals surface area contributed by atoms with Crippen molar-refractivity contribution < 1.29 is 35.7 Å². The summed E-state index contributed by atoms with van der Waals surface area (Å²) in [7, 11) is 0. The van der Waals surface area contributed by atoms with Crippen LogP contribution in [0.3, 0.4) is 0 Å². The third-order valence-electron chi connectivity index (χ3n) is 5.84. The first-order chi connectivity index (χ1) is 18.5. The van der Waals surface area contributed by atoms with Crippen LogP contribution in [0.15, 0.2) is 83.6 Å². The van der Waals surface area contributed by atoms with Crippen LogP contribution < -0.4 is 4.90 Å². The minimum atomic E-state index is -4.79. The molecule has 0 radical (unpaired) electrons. The second-order valence-electron chi connectivity index (χ2n) is 8.51. The molecule has 0 saturated carbocycles. The molecule has 3 aromatic carbocycles. The molecule has 0 bridgehead atoms. The number of benzene rings is 3. The van der Waals surface area contributed by atoms with Gasteiger partial charge in [0.1, 0.15) is 6.54 Å². The fourth-order valence-electron chi connectivity index (χ4n) is 3.94. The summed E-state index contributed by atoms with van der Waals surface area (Å²) in [6, 6.07) is 17.4. The first-order valence-electron chi connectivity index (χ1n) is 11.4. The number of amides is 1. The average molecular weight is 545 g/mol. The molecule has 0 fully saturated rings. The van der Waals surface area contributed by atoms with Crippen LogP contribution >= 0.6 is 0 Å². The first kappa shape index (κ1) is 25.9. The van der Waals surface area contributed by atoms with E-state index in [9.17, 15) is 31.1 Å². The molecule has 0 atom stereocenters. The summed E-state index contributed by atoms with van der Waals surface area (Å²) in [5.74, 6) is -2.28. The number of imidazole rings is 1. The largest absolute Gasteiger partial charge is 0.471 e. The molecule has 200 valence electrons. The zero-order valence-electron chi connectivity index (χ0n) is 19.7. The van der Waals surface area contributed by atoms with Crippen molar-refractivity contribution in [3.63, 3.8) is 0 Å². The van der Waals surface area contributed by atoms with Crippen LogP contribution in [-0.2, 0) is 30.2 Å². The van der Waals surface area contributed by atoms with E-state index in [2.05, 4.69) is 19.6 Å². The number of fused-ring (bicyclic) bond motifs is 1. The molecular weight excluding hydrogens is 528 g/mol. The Labute approximate surface area is 216 Å². The number of aromatic nitrogens is 4. The number of carbonyl (C=O) groups is 1. The normalized spacial score (nSPS) is 12.2. The lowest BCUT2D eigenvalue weighted by Crippen LogP contribution is -2.33. The predicted octanol–water partition coefficient (Wildman–Crippen LogP) is 6.36. The van der Waals surface area contributed by atoms with Crippen molar-refractivity contribution in [1.29, 1.82) is 0 Å². The molecule has 2 heterocycles. The van der Waals surface area contributed by atoms with E-state index < -0.39 is 29.7 Å². The standard InChI is InChI=1S/C26H17F6N5O2/c27-25(28,29)18-4-3-5-19(12-18)37(22(38)14-36-15-33-20-6-1-2-7-21(20)36)13-16-8-10-17(11-9-16)23-34-24(39-35-23)26(30,31)32/h1-12,15H,13-14H2. The maximum atomic E-state index is 13.5. The highest BCUT2D eigenvalue weighted by molar-refractivity contribution is 5.94. The Bertz CT molecular complexity index is 1620. The predicted molar refractivity (Wildman–Crippen MR) is 127 cm³/mol. The fraction of sp³-hybridized carbons (Fsp3) is 0.154. The molecule has 13 heteroatoms. The van der Waals surface area contributed by atoms with E-state index in [-0.39, 0.29) is 30.2 Å². The Balaban J connectivity index is 1.44. The molecule has 0 saturated heterocycles. The number of hydrogen-bond donors (Lipinski definition) is 0. The Morgan fingerprint density at radius 3 is 2.33 bits per heavy atom. The zero-order valence-corrected chi connectivity index (χ0v) is 19.7. The number of nitrogens with zero attached hydrogens (tertiary/aromatic N) is 5. The van der Waals surface area contributed by atoms with E-state index in [1.54, 1.807) is 28.8 Å². The zero-order chi connectivity index (χ0) is 27.8. The van der Waals surface area contributed by atoms with Gasteiger partial charge < -0.3 is 14.0 Å². The van der Waals surface area contributed by atoms with Crippen LogP contribution in [0.5, 0.6) is 0 Å². The van der Waals surface area contributed by atoms with Gasteiger partial charge in [-0.1, -0.05) is 47.6 Å². The number of para-hydroxylation sites is 2. The van der Waals surface area contributed by atoms with E-state index in [4.69, 9.17) is 0 Å². The molecule has 5 rings (SSSR count). The Hall–Kier alpha value is -4.68. The lowest BCUT2D eigenvalue weighted by Gasteiger charge is -2.24. The van der Waals surface area contributed by atoms with Crippen LogP contribution in [0, 0.1) is 0 Å². The summed E-state index contributed by atoms with van der Waals surface area (Å²) < 4.78 is 84.4. The maximum absolute atomic E-state index is 13.5. The number of alkyl halides is 6. The van der Waals surface area contributed by atoms with Crippen molar-refractivity contribution in [3.8, 4) is 11.4 Å². The van der Waals surface area contributed by atoms with Gasteiger partial charge in [0, 0.05) is 11.3 Å². The van der Waals surface area contributed by atoms with E-state index in [0.717, 1.165) is 12.1 Å². The Morgan fingerprint density at radius 2 is 1.64 bits per heavy atom. The van der Waals surface area contributed by atoms with Crippen molar-refractivity contribution in [2.75, 3.05) is 4.90 Å². The van der Waals surface area contributed by atoms with Crippen LogP contribution in [-0.4, -0.2) is 25.6 Å². The van der Waals surface area contributed by atoms with Gasteiger partial charge in [-0.3, -0.25) is 4.79 Å². The van der Waals surface area contributed by atoms with E-state index in [0.29, 0.717) is 16.6 Å². The third kappa shape index (κ3) is 5.61. The molecule has 1 amide bonds. The number of hydrogen-bond acceptors (Lipinski definition) is 5. The maximum Gasteiger partial charge on any atom is 0.471 e. The van der Waals surface area contributed by atoms with E-state index in [1.165, 1.54) is 47.6 Å². The smallest absolute Gasteiger partial charge is 0.329 e. The van der Waals surface area contributed by atoms with Gasteiger partial charge in [-0.05, 0) is 35.9 Å². The Morgan fingerprint density at radius 1 is 0.897 bits per heavy atom. The van der Waals surface area contributed by atoms with E-state index in [1.807, 2.05) is 0 Å². The fourth-order valence-corrected chi connectivity index (χ4v) is 3.94. The summed E-state index contributed by atoms with van der Waals surface area (Å²) in [4.78, 5) is 22.2. The van der Waals surface area contributed by atoms with Crippen molar-refractivity contribution in [2.45, 2.75) is 25.4 Å². The van der Waals surface area contributed by atoms with Gasteiger partial charge in [0.15, 0.2) is 0 Å². The molecular formula is C26H17F6N5O2. The van der Waals surface area contributed by atoms with Crippen molar-refractivity contribution in [3.05, 3.63) is 96.1 Å². The highest BCUT2D eigenvalue weighted by atomic mass is 19.4.